The predicted octanol–water partition coefficient (Wildman–Crippen LogP) is 4.25. The van der Waals surface area contributed by atoms with Crippen molar-refractivity contribution in [2.45, 2.75) is 13.5 Å². The summed E-state index contributed by atoms with van der Waals surface area (Å²) in [6, 6.07) is 9.53. The van der Waals surface area contributed by atoms with Crippen LogP contribution in [0.3, 0.4) is 0 Å². The highest BCUT2D eigenvalue weighted by Crippen LogP contribution is 2.30. The van der Waals surface area contributed by atoms with Gasteiger partial charge >= 0.3 is 0 Å². The molecule has 0 saturated heterocycles. The average Bonchev–Trinajstić information content (AvgIpc) is 3.15. The Morgan fingerprint density at radius 3 is 2.73 bits per heavy atom. The number of nitrogens with zero attached hydrogens (tertiary/aromatic N) is 1. The summed E-state index contributed by atoms with van der Waals surface area (Å²) in [6.45, 7) is 2.36. The van der Waals surface area contributed by atoms with Crippen LogP contribution >= 0.6 is 22.7 Å². The van der Waals surface area contributed by atoms with Crippen LogP contribution in [-0.2, 0) is 6.54 Å². The molecule has 0 aliphatic rings. The van der Waals surface area contributed by atoms with E-state index in [9.17, 15) is 9.18 Å². The van der Waals surface area contributed by atoms with E-state index in [1.54, 1.807) is 22.7 Å². The number of thiazole rings is 1. The van der Waals surface area contributed by atoms with Crippen molar-refractivity contribution in [1.29, 1.82) is 0 Å². The number of carbonyl (C=O) groups is 1. The smallest absolute Gasteiger partial charge is 0.251 e. The first-order valence-corrected chi connectivity index (χ1v) is 8.37. The van der Waals surface area contributed by atoms with E-state index >= 15 is 0 Å². The third-order valence-electron chi connectivity index (χ3n) is 3.14. The maximum absolute atomic E-state index is 12.9. The summed E-state index contributed by atoms with van der Waals surface area (Å²) in [4.78, 5) is 18.7. The van der Waals surface area contributed by atoms with Crippen molar-refractivity contribution in [2.24, 2.45) is 0 Å². The zero-order valence-electron chi connectivity index (χ0n) is 11.8. The predicted molar refractivity (Wildman–Crippen MR) is 87.7 cm³/mol. The van der Waals surface area contributed by atoms with E-state index in [0.717, 1.165) is 20.5 Å². The van der Waals surface area contributed by atoms with E-state index in [1.165, 1.54) is 24.3 Å². The average molecular weight is 332 g/mol. The van der Waals surface area contributed by atoms with Gasteiger partial charge in [0.1, 0.15) is 10.8 Å². The lowest BCUT2D eigenvalue weighted by molar-refractivity contribution is 0.0951. The Morgan fingerprint density at radius 2 is 2.05 bits per heavy atom. The van der Waals surface area contributed by atoms with E-state index < -0.39 is 0 Å². The molecule has 0 bridgehead atoms. The number of halogens is 1. The molecule has 0 unspecified atom stereocenters. The van der Waals surface area contributed by atoms with Crippen LogP contribution < -0.4 is 5.32 Å². The van der Waals surface area contributed by atoms with Crippen molar-refractivity contribution in [3.8, 4) is 9.88 Å². The lowest BCUT2D eigenvalue weighted by atomic mass is 10.2. The highest BCUT2D eigenvalue weighted by atomic mass is 32.1. The minimum atomic E-state index is -0.351. The van der Waals surface area contributed by atoms with E-state index in [4.69, 9.17) is 0 Å². The van der Waals surface area contributed by atoms with E-state index in [-0.39, 0.29) is 11.7 Å². The molecule has 0 radical (unpaired) electrons. The van der Waals surface area contributed by atoms with E-state index in [1.807, 2.05) is 24.4 Å². The Hall–Kier alpha value is -2.05. The van der Waals surface area contributed by atoms with Crippen molar-refractivity contribution in [1.82, 2.24) is 10.3 Å². The molecule has 0 spiro atoms. The zero-order chi connectivity index (χ0) is 15.5. The topological polar surface area (TPSA) is 42.0 Å². The van der Waals surface area contributed by atoms with Gasteiger partial charge in [0.25, 0.3) is 5.91 Å². The Bertz CT molecular complexity index is 779. The number of nitrogens with one attached hydrogen (secondary N) is 1. The number of carbonyl (C=O) groups excluding carboxylic acids is 1. The molecule has 1 N–H and O–H groups in total. The van der Waals surface area contributed by atoms with Gasteiger partial charge in [-0.05, 0) is 42.6 Å². The highest BCUT2D eigenvalue weighted by Gasteiger charge is 2.12. The highest BCUT2D eigenvalue weighted by molar-refractivity contribution is 7.21. The monoisotopic (exact) mass is 332 g/mol. The Kier molecular flexibility index (Phi) is 4.31. The van der Waals surface area contributed by atoms with Gasteiger partial charge in [0.05, 0.1) is 17.1 Å². The Balaban J connectivity index is 1.69. The van der Waals surface area contributed by atoms with Gasteiger partial charge in [-0.3, -0.25) is 4.79 Å². The summed E-state index contributed by atoms with van der Waals surface area (Å²) in [6.07, 6.45) is 0. The first-order valence-electron chi connectivity index (χ1n) is 6.67. The second-order valence-corrected chi connectivity index (χ2v) is 6.73. The van der Waals surface area contributed by atoms with Gasteiger partial charge < -0.3 is 5.32 Å². The molecule has 22 heavy (non-hydrogen) atoms. The number of hydrogen-bond donors (Lipinski definition) is 1. The van der Waals surface area contributed by atoms with Crippen LogP contribution in [0.2, 0.25) is 0 Å². The normalized spacial score (nSPS) is 10.6. The van der Waals surface area contributed by atoms with Gasteiger partial charge in [0, 0.05) is 10.4 Å². The molecule has 0 saturated carbocycles. The summed E-state index contributed by atoms with van der Waals surface area (Å²) < 4.78 is 12.9. The molecule has 3 aromatic rings. The molecule has 3 rings (SSSR count). The van der Waals surface area contributed by atoms with Gasteiger partial charge in [-0.2, -0.15) is 0 Å². The van der Waals surface area contributed by atoms with Gasteiger partial charge in [0.15, 0.2) is 0 Å². The van der Waals surface area contributed by atoms with Gasteiger partial charge in [0.2, 0.25) is 0 Å². The third-order valence-corrected chi connectivity index (χ3v) is 5.34. The molecule has 1 aromatic carbocycles. The molecule has 0 atom stereocenters. The van der Waals surface area contributed by atoms with Crippen molar-refractivity contribution in [2.75, 3.05) is 0 Å². The summed E-state index contributed by atoms with van der Waals surface area (Å²) >= 11 is 3.23. The molecule has 6 heteroatoms. The molecule has 1 amide bonds. The first-order chi connectivity index (χ1) is 10.6. The SMILES string of the molecule is Cc1nc(-c2cccs2)sc1CNC(=O)c1ccc(F)cc1. The minimum Gasteiger partial charge on any atom is -0.347 e. The van der Waals surface area contributed by atoms with Gasteiger partial charge in [-0.1, -0.05) is 6.07 Å². The molecule has 0 fully saturated rings. The maximum atomic E-state index is 12.9. The zero-order valence-corrected chi connectivity index (χ0v) is 13.4. The summed E-state index contributed by atoms with van der Waals surface area (Å²) in [7, 11) is 0. The first kappa shape index (κ1) is 14.9. The van der Waals surface area contributed by atoms with Crippen LogP contribution in [-0.4, -0.2) is 10.9 Å². The second-order valence-electron chi connectivity index (χ2n) is 4.69. The van der Waals surface area contributed by atoms with Crippen LogP contribution in [0.15, 0.2) is 41.8 Å². The lowest BCUT2D eigenvalue weighted by Crippen LogP contribution is -2.22. The molecular weight excluding hydrogens is 319 g/mol. The van der Waals surface area contributed by atoms with E-state index in [0.29, 0.717) is 12.1 Å². The van der Waals surface area contributed by atoms with E-state index in [2.05, 4.69) is 10.3 Å². The molecule has 2 aromatic heterocycles. The fourth-order valence-corrected chi connectivity index (χ4v) is 3.76. The van der Waals surface area contributed by atoms with Crippen LogP contribution in [0.4, 0.5) is 4.39 Å². The number of aryl methyl sites for hydroxylation is 1. The Labute approximate surface area is 135 Å². The van der Waals surface area contributed by atoms with Crippen molar-refractivity contribution in [3.63, 3.8) is 0 Å². The van der Waals surface area contributed by atoms with Crippen LogP contribution in [0, 0.1) is 12.7 Å². The van der Waals surface area contributed by atoms with Crippen LogP contribution in [0.1, 0.15) is 20.9 Å². The number of thiophene rings is 1. The molecule has 112 valence electrons. The van der Waals surface area contributed by atoms with Gasteiger partial charge in [-0.15, -0.1) is 22.7 Å². The molecule has 3 nitrogen and oxygen atoms in total. The number of benzene rings is 1. The van der Waals surface area contributed by atoms with Crippen molar-refractivity contribution >= 4 is 28.6 Å². The van der Waals surface area contributed by atoms with Crippen molar-refractivity contribution < 1.29 is 9.18 Å². The number of aromatic nitrogens is 1. The van der Waals surface area contributed by atoms with Gasteiger partial charge in [-0.25, -0.2) is 9.37 Å². The van der Waals surface area contributed by atoms with Crippen LogP contribution in [0.5, 0.6) is 0 Å². The van der Waals surface area contributed by atoms with Crippen LogP contribution in [0.25, 0.3) is 9.88 Å². The van der Waals surface area contributed by atoms with Crippen molar-refractivity contribution in [3.05, 3.63) is 63.7 Å². The Morgan fingerprint density at radius 1 is 1.27 bits per heavy atom. The molecule has 0 aliphatic carbocycles. The molecular formula is C16H13FN2OS2. The summed E-state index contributed by atoms with van der Waals surface area (Å²) in [5.41, 5.74) is 1.37. The minimum absolute atomic E-state index is 0.217. The third kappa shape index (κ3) is 3.23. The number of hydrogen-bond acceptors (Lipinski definition) is 4. The quantitative estimate of drug-likeness (QED) is 0.776. The number of rotatable bonds is 4. The summed E-state index contributed by atoms with van der Waals surface area (Å²) in [5, 5.41) is 5.83. The largest absolute Gasteiger partial charge is 0.347 e. The lowest BCUT2D eigenvalue weighted by Gasteiger charge is -2.04. The fraction of sp³-hybridized carbons (Fsp3) is 0.125. The fourth-order valence-electron chi connectivity index (χ4n) is 1.96. The summed E-state index contributed by atoms with van der Waals surface area (Å²) in [5.74, 6) is -0.569. The molecule has 0 aliphatic heterocycles. The molecule has 2 heterocycles. The standard InChI is InChI=1S/C16H13FN2OS2/c1-10-14(22-16(19-10)13-3-2-8-21-13)9-18-15(20)11-4-6-12(17)7-5-11/h2-8H,9H2,1H3,(H,18,20). The second kappa shape index (κ2) is 6.37. The maximum Gasteiger partial charge on any atom is 0.251 e. The number of amides is 1.